The number of hydrogen-bond donors (Lipinski definition) is 1. The minimum atomic E-state index is -0.293. The summed E-state index contributed by atoms with van der Waals surface area (Å²) in [5, 5.41) is 9.74. The number of carbonyl (C=O) groups excluding carboxylic acids is 1. The Bertz CT molecular complexity index is 442. The molecule has 0 spiro atoms. The van der Waals surface area contributed by atoms with E-state index in [-0.39, 0.29) is 11.5 Å². The normalized spacial score (nSPS) is 53.6. The van der Waals surface area contributed by atoms with E-state index >= 15 is 0 Å². The summed E-state index contributed by atoms with van der Waals surface area (Å²) in [6.45, 7) is 6.16. The lowest BCUT2D eigenvalue weighted by atomic mass is 9.40. The van der Waals surface area contributed by atoms with Crippen molar-refractivity contribution in [2.24, 2.45) is 22.2 Å². The number of likely N-dealkylation sites (tertiary alicyclic amines) is 1. The van der Waals surface area contributed by atoms with E-state index in [0.29, 0.717) is 23.3 Å². The average molecular weight is 277 g/mol. The van der Waals surface area contributed by atoms with E-state index in [1.54, 1.807) is 0 Å². The molecule has 1 saturated heterocycles. The van der Waals surface area contributed by atoms with Gasteiger partial charge in [-0.2, -0.15) is 0 Å². The molecular formula is C17H27NO2. The van der Waals surface area contributed by atoms with Crippen LogP contribution < -0.4 is 0 Å². The van der Waals surface area contributed by atoms with Gasteiger partial charge < -0.3 is 10.0 Å². The molecule has 4 aliphatic carbocycles. The van der Waals surface area contributed by atoms with Crippen LogP contribution in [-0.2, 0) is 4.79 Å². The summed E-state index contributed by atoms with van der Waals surface area (Å²) in [7, 11) is 0. The van der Waals surface area contributed by atoms with Crippen LogP contribution in [0.25, 0.3) is 0 Å². The maximum absolute atomic E-state index is 13.1. The Hall–Kier alpha value is -0.570. The quantitative estimate of drug-likeness (QED) is 0.800. The number of β-amino-alcohol motifs (C(OH)–C–C–N with tert-alkyl or cyclic N) is 1. The van der Waals surface area contributed by atoms with E-state index in [4.69, 9.17) is 0 Å². The molecule has 112 valence electrons. The maximum Gasteiger partial charge on any atom is 0.228 e. The lowest BCUT2D eigenvalue weighted by Gasteiger charge is -2.65. The van der Waals surface area contributed by atoms with Gasteiger partial charge in [0.05, 0.1) is 11.5 Å². The number of aliphatic hydroxyl groups excluding tert-OH is 1. The molecular weight excluding hydrogens is 250 g/mol. The SMILES string of the molecule is CC12CC3CC(C)(C1)CC(C(=O)N1CC[C@H](O)C1)(C3)C2. The second kappa shape index (κ2) is 3.79. The highest BCUT2D eigenvalue weighted by Crippen LogP contribution is 2.69. The molecule has 2 unspecified atom stereocenters. The van der Waals surface area contributed by atoms with Crippen molar-refractivity contribution in [2.45, 2.75) is 64.9 Å². The van der Waals surface area contributed by atoms with Crippen molar-refractivity contribution in [3.63, 3.8) is 0 Å². The van der Waals surface area contributed by atoms with Crippen molar-refractivity contribution < 1.29 is 9.90 Å². The van der Waals surface area contributed by atoms with Crippen molar-refractivity contribution in [1.82, 2.24) is 4.90 Å². The summed E-state index contributed by atoms with van der Waals surface area (Å²) in [6.07, 6.45) is 7.76. The Balaban J connectivity index is 1.65. The van der Waals surface area contributed by atoms with Crippen LogP contribution in [0, 0.1) is 22.2 Å². The number of rotatable bonds is 1. The molecule has 0 radical (unpaired) electrons. The fourth-order valence-corrected chi connectivity index (χ4v) is 6.95. The summed E-state index contributed by atoms with van der Waals surface area (Å²) < 4.78 is 0. The van der Waals surface area contributed by atoms with Crippen LogP contribution in [0.5, 0.6) is 0 Å². The predicted octanol–water partition coefficient (Wildman–Crippen LogP) is 2.58. The molecule has 1 heterocycles. The Morgan fingerprint density at radius 1 is 1.10 bits per heavy atom. The second-order valence-electron chi connectivity index (χ2n) is 9.10. The van der Waals surface area contributed by atoms with Gasteiger partial charge in [-0.05, 0) is 61.7 Å². The number of nitrogens with zero attached hydrogens (tertiary/aromatic N) is 1. The molecule has 3 nitrogen and oxygen atoms in total. The summed E-state index contributed by atoms with van der Waals surface area (Å²) >= 11 is 0. The van der Waals surface area contributed by atoms with E-state index in [9.17, 15) is 9.90 Å². The van der Waals surface area contributed by atoms with Gasteiger partial charge in [0, 0.05) is 13.1 Å². The third kappa shape index (κ3) is 1.78. The lowest BCUT2D eigenvalue weighted by Crippen LogP contribution is -2.60. The Labute approximate surface area is 121 Å². The fraction of sp³-hybridized carbons (Fsp3) is 0.941. The third-order valence-corrected chi connectivity index (χ3v) is 6.53. The lowest BCUT2D eigenvalue weighted by molar-refractivity contribution is -0.178. The highest BCUT2D eigenvalue weighted by atomic mass is 16.3. The zero-order chi connectivity index (χ0) is 14.2. The van der Waals surface area contributed by atoms with Crippen molar-refractivity contribution in [3.8, 4) is 0 Å². The molecule has 5 aliphatic rings. The molecule has 1 aliphatic heterocycles. The van der Waals surface area contributed by atoms with Gasteiger partial charge in [-0.15, -0.1) is 0 Å². The number of amides is 1. The smallest absolute Gasteiger partial charge is 0.228 e. The molecule has 20 heavy (non-hydrogen) atoms. The summed E-state index contributed by atoms with van der Waals surface area (Å²) in [5.41, 5.74) is 0.692. The predicted molar refractivity (Wildman–Crippen MR) is 77.0 cm³/mol. The molecule has 0 aromatic heterocycles. The first-order valence-electron chi connectivity index (χ1n) is 8.29. The zero-order valence-corrected chi connectivity index (χ0v) is 12.8. The van der Waals surface area contributed by atoms with E-state index in [1.165, 1.54) is 19.3 Å². The van der Waals surface area contributed by atoms with Crippen LogP contribution in [0.2, 0.25) is 0 Å². The number of hydrogen-bond acceptors (Lipinski definition) is 2. The van der Waals surface area contributed by atoms with Gasteiger partial charge in [0.1, 0.15) is 0 Å². The van der Waals surface area contributed by atoms with Crippen LogP contribution in [0.1, 0.15) is 58.8 Å². The zero-order valence-electron chi connectivity index (χ0n) is 12.8. The highest BCUT2D eigenvalue weighted by Gasteiger charge is 2.63. The van der Waals surface area contributed by atoms with E-state index in [2.05, 4.69) is 13.8 Å². The first-order chi connectivity index (χ1) is 9.32. The second-order valence-corrected chi connectivity index (χ2v) is 9.10. The molecule has 4 bridgehead atoms. The molecule has 1 amide bonds. The van der Waals surface area contributed by atoms with Gasteiger partial charge in [0.2, 0.25) is 5.91 Å². The molecule has 3 atom stereocenters. The molecule has 3 heteroatoms. The van der Waals surface area contributed by atoms with E-state index in [0.717, 1.165) is 38.1 Å². The average Bonchev–Trinajstić information content (AvgIpc) is 2.69. The molecule has 4 saturated carbocycles. The van der Waals surface area contributed by atoms with Gasteiger partial charge in [-0.1, -0.05) is 13.8 Å². The van der Waals surface area contributed by atoms with Gasteiger partial charge in [-0.25, -0.2) is 0 Å². The topological polar surface area (TPSA) is 40.5 Å². The Kier molecular flexibility index (Phi) is 2.49. The maximum atomic E-state index is 13.1. The van der Waals surface area contributed by atoms with Crippen LogP contribution in [0.4, 0.5) is 0 Å². The monoisotopic (exact) mass is 277 g/mol. The van der Waals surface area contributed by atoms with Gasteiger partial charge in [0.15, 0.2) is 0 Å². The minimum absolute atomic E-state index is 0.0903. The molecule has 5 fully saturated rings. The third-order valence-electron chi connectivity index (χ3n) is 6.53. The molecule has 0 aromatic rings. The first-order valence-corrected chi connectivity index (χ1v) is 8.29. The first kappa shape index (κ1) is 13.1. The van der Waals surface area contributed by atoms with Crippen molar-refractivity contribution in [1.29, 1.82) is 0 Å². The molecule has 5 rings (SSSR count). The Morgan fingerprint density at radius 2 is 1.75 bits per heavy atom. The summed E-state index contributed by atoms with van der Waals surface area (Å²) in [5.74, 6) is 1.13. The van der Waals surface area contributed by atoms with Crippen LogP contribution in [0.15, 0.2) is 0 Å². The van der Waals surface area contributed by atoms with Crippen LogP contribution >= 0.6 is 0 Å². The largest absolute Gasteiger partial charge is 0.391 e. The van der Waals surface area contributed by atoms with Crippen LogP contribution in [-0.4, -0.2) is 35.1 Å². The van der Waals surface area contributed by atoms with Crippen molar-refractivity contribution in [3.05, 3.63) is 0 Å². The van der Waals surface area contributed by atoms with E-state index < -0.39 is 0 Å². The Morgan fingerprint density at radius 3 is 2.25 bits per heavy atom. The number of carbonyl (C=O) groups is 1. The summed E-state index contributed by atoms with van der Waals surface area (Å²) in [4.78, 5) is 15.1. The van der Waals surface area contributed by atoms with Gasteiger partial charge in [0.25, 0.3) is 0 Å². The molecule has 0 aromatic carbocycles. The van der Waals surface area contributed by atoms with Gasteiger partial charge in [-0.3, -0.25) is 4.79 Å². The van der Waals surface area contributed by atoms with Crippen molar-refractivity contribution in [2.75, 3.05) is 13.1 Å². The summed E-state index contributed by atoms with van der Waals surface area (Å²) in [6, 6.07) is 0. The minimum Gasteiger partial charge on any atom is -0.391 e. The van der Waals surface area contributed by atoms with Gasteiger partial charge >= 0.3 is 0 Å². The van der Waals surface area contributed by atoms with Crippen LogP contribution in [0.3, 0.4) is 0 Å². The van der Waals surface area contributed by atoms with Crippen molar-refractivity contribution >= 4 is 5.91 Å². The highest BCUT2D eigenvalue weighted by molar-refractivity contribution is 5.84. The fourth-order valence-electron chi connectivity index (χ4n) is 6.95. The molecule has 1 N–H and O–H groups in total. The number of aliphatic hydroxyl groups is 1. The van der Waals surface area contributed by atoms with E-state index in [1.807, 2.05) is 4.90 Å². The standard InChI is InChI=1S/C17H27NO2/c1-15-5-12-6-16(2,9-15)11-17(7-12,10-15)14(20)18-4-3-13(19)8-18/h12-13,19H,3-11H2,1-2H3/t12?,13-,15?,16?,17?/m0/s1.